The molecule has 1 saturated carbocycles. The Bertz CT molecular complexity index is 251. The van der Waals surface area contributed by atoms with E-state index in [9.17, 15) is 4.79 Å². The van der Waals surface area contributed by atoms with Crippen LogP contribution in [-0.4, -0.2) is 31.7 Å². The average Bonchev–Trinajstić information content (AvgIpc) is 2.91. The Morgan fingerprint density at radius 2 is 2.33 bits per heavy atom. The Balaban J connectivity index is 1.77. The van der Waals surface area contributed by atoms with Crippen molar-refractivity contribution < 1.29 is 9.53 Å². The molecule has 4 nitrogen and oxygen atoms in total. The zero-order valence-corrected chi connectivity index (χ0v) is 9.29. The molecule has 0 bridgehead atoms. The first-order chi connectivity index (χ1) is 7.17. The summed E-state index contributed by atoms with van der Waals surface area (Å²) in [5, 5.41) is 3.01. The number of rotatable bonds is 4. The van der Waals surface area contributed by atoms with Crippen molar-refractivity contribution in [2.24, 2.45) is 17.1 Å². The van der Waals surface area contributed by atoms with Crippen molar-refractivity contribution >= 4 is 5.91 Å². The van der Waals surface area contributed by atoms with Crippen molar-refractivity contribution in [2.45, 2.75) is 32.3 Å². The minimum Gasteiger partial charge on any atom is -0.378 e. The Labute approximate surface area is 90.5 Å². The molecule has 0 aromatic carbocycles. The zero-order chi connectivity index (χ0) is 10.9. The molecule has 2 atom stereocenters. The summed E-state index contributed by atoms with van der Waals surface area (Å²) in [7, 11) is 0. The Morgan fingerprint density at radius 1 is 1.60 bits per heavy atom. The first kappa shape index (κ1) is 10.9. The molecule has 0 radical (unpaired) electrons. The number of nitrogens with two attached hydrogens (primary N) is 1. The van der Waals surface area contributed by atoms with Gasteiger partial charge in [-0.05, 0) is 38.1 Å². The molecule has 15 heavy (non-hydrogen) atoms. The van der Waals surface area contributed by atoms with E-state index < -0.39 is 0 Å². The quantitative estimate of drug-likeness (QED) is 0.703. The fourth-order valence-electron chi connectivity index (χ4n) is 2.11. The first-order valence-electron chi connectivity index (χ1n) is 5.76. The van der Waals surface area contributed by atoms with Gasteiger partial charge in [0.15, 0.2) is 0 Å². The molecule has 2 unspecified atom stereocenters. The van der Waals surface area contributed by atoms with E-state index in [1.54, 1.807) is 0 Å². The number of carbonyl (C=O) groups excluding carboxylic acids is 1. The molecule has 0 aromatic rings. The summed E-state index contributed by atoms with van der Waals surface area (Å²) in [6.07, 6.45) is 3.22. The largest absolute Gasteiger partial charge is 0.378 e. The van der Waals surface area contributed by atoms with Gasteiger partial charge in [-0.25, -0.2) is 0 Å². The fourth-order valence-corrected chi connectivity index (χ4v) is 2.11. The molecule has 2 aliphatic rings. The molecule has 0 aromatic heterocycles. The SMILES string of the molecule is CC1OCCC1C(=O)NCC1(CN)CC1. The van der Waals surface area contributed by atoms with Crippen LogP contribution in [-0.2, 0) is 9.53 Å². The summed E-state index contributed by atoms with van der Waals surface area (Å²) < 4.78 is 5.37. The van der Waals surface area contributed by atoms with E-state index in [1.165, 1.54) is 0 Å². The molecule has 1 amide bonds. The lowest BCUT2D eigenvalue weighted by Crippen LogP contribution is -2.39. The minimum atomic E-state index is 0.0403. The third kappa shape index (κ3) is 2.32. The average molecular weight is 212 g/mol. The maximum Gasteiger partial charge on any atom is 0.225 e. The summed E-state index contributed by atoms with van der Waals surface area (Å²) in [4.78, 5) is 11.8. The van der Waals surface area contributed by atoms with Crippen molar-refractivity contribution in [3.8, 4) is 0 Å². The van der Waals surface area contributed by atoms with Crippen LogP contribution in [0.5, 0.6) is 0 Å². The van der Waals surface area contributed by atoms with Crippen LogP contribution in [0.1, 0.15) is 26.2 Å². The Morgan fingerprint density at radius 3 is 2.80 bits per heavy atom. The Hall–Kier alpha value is -0.610. The maximum absolute atomic E-state index is 11.8. The molecular formula is C11H20N2O2. The summed E-state index contributed by atoms with van der Waals surface area (Å²) in [5.74, 6) is 0.179. The smallest absolute Gasteiger partial charge is 0.225 e. The highest BCUT2D eigenvalue weighted by molar-refractivity contribution is 5.79. The van der Waals surface area contributed by atoms with Crippen molar-refractivity contribution in [3.63, 3.8) is 0 Å². The summed E-state index contributed by atoms with van der Waals surface area (Å²) in [6, 6.07) is 0. The second kappa shape index (κ2) is 4.10. The van der Waals surface area contributed by atoms with Gasteiger partial charge in [-0.2, -0.15) is 0 Å². The van der Waals surface area contributed by atoms with E-state index in [1.807, 2.05) is 6.92 Å². The highest BCUT2D eigenvalue weighted by atomic mass is 16.5. The highest BCUT2D eigenvalue weighted by Crippen LogP contribution is 2.43. The lowest BCUT2D eigenvalue weighted by molar-refractivity contribution is -0.126. The number of amides is 1. The Kier molecular flexibility index (Phi) is 2.98. The van der Waals surface area contributed by atoms with Gasteiger partial charge in [0.1, 0.15) is 0 Å². The molecule has 86 valence electrons. The number of nitrogens with one attached hydrogen (secondary N) is 1. The standard InChI is InChI=1S/C11H20N2O2/c1-8-9(2-5-15-8)10(14)13-7-11(6-12)3-4-11/h8-9H,2-7,12H2,1H3,(H,13,14). The number of ether oxygens (including phenoxy) is 1. The minimum absolute atomic E-state index is 0.0403. The third-order valence-corrected chi connectivity index (χ3v) is 3.74. The fraction of sp³-hybridized carbons (Fsp3) is 0.909. The lowest BCUT2D eigenvalue weighted by atomic mass is 10.0. The van der Waals surface area contributed by atoms with E-state index in [2.05, 4.69) is 5.32 Å². The molecule has 3 N–H and O–H groups in total. The second-order valence-corrected chi connectivity index (χ2v) is 4.89. The molecule has 4 heteroatoms. The van der Waals surface area contributed by atoms with Crippen molar-refractivity contribution in [2.75, 3.05) is 19.7 Å². The first-order valence-corrected chi connectivity index (χ1v) is 5.76. The van der Waals surface area contributed by atoms with Gasteiger partial charge >= 0.3 is 0 Å². The number of hydrogen-bond acceptors (Lipinski definition) is 3. The third-order valence-electron chi connectivity index (χ3n) is 3.74. The summed E-state index contributed by atoms with van der Waals surface area (Å²) in [5.41, 5.74) is 5.88. The van der Waals surface area contributed by atoms with Gasteiger partial charge in [0.25, 0.3) is 0 Å². The normalized spacial score (nSPS) is 32.7. The predicted octanol–water partition coefficient (Wildman–Crippen LogP) is 0.267. The van der Waals surface area contributed by atoms with Gasteiger partial charge in [0.2, 0.25) is 5.91 Å². The van der Waals surface area contributed by atoms with Crippen LogP contribution in [0.4, 0.5) is 0 Å². The molecular weight excluding hydrogens is 192 g/mol. The van der Waals surface area contributed by atoms with Crippen LogP contribution in [0.15, 0.2) is 0 Å². The lowest BCUT2D eigenvalue weighted by Gasteiger charge is -2.17. The molecule has 2 fully saturated rings. The van der Waals surface area contributed by atoms with E-state index in [4.69, 9.17) is 10.5 Å². The van der Waals surface area contributed by atoms with Crippen LogP contribution in [0.2, 0.25) is 0 Å². The topological polar surface area (TPSA) is 64.3 Å². The molecule has 1 aliphatic heterocycles. The maximum atomic E-state index is 11.8. The second-order valence-electron chi connectivity index (χ2n) is 4.89. The molecule has 1 heterocycles. The van der Waals surface area contributed by atoms with Crippen LogP contribution in [0.25, 0.3) is 0 Å². The monoisotopic (exact) mass is 212 g/mol. The molecule has 0 spiro atoms. The van der Waals surface area contributed by atoms with E-state index in [0.717, 1.165) is 25.8 Å². The van der Waals surface area contributed by atoms with Gasteiger partial charge in [-0.3, -0.25) is 4.79 Å². The van der Waals surface area contributed by atoms with Gasteiger partial charge in [0, 0.05) is 13.2 Å². The van der Waals surface area contributed by atoms with Crippen LogP contribution in [0, 0.1) is 11.3 Å². The van der Waals surface area contributed by atoms with Crippen molar-refractivity contribution in [3.05, 3.63) is 0 Å². The predicted molar refractivity (Wildman–Crippen MR) is 57.3 cm³/mol. The van der Waals surface area contributed by atoms with Gasteiger partial charge in [0.05, 0.1) is 12.0 Å². The number of hydrogen-bond donors (Lipinski definition) is 2. The summed E-state index contributed by atoms with van der Waals surface area (Å²) >= 11 is 0. The van der Waals surface area contributed by atoms with Crippen molar-refractivity contribution in [1.29, 1.82) is 0 Å². The van der Waals surface area contributed by atoms with Crippen LogP contribution in [0.3, 0.4) is 0 Å². The van der Waals surface area contributed by atoms with Gasteiger partial charge < -0.3 is 15.8 Å². The van der Waals surface area contributed by atoms with Gasteiger partial charge in [-0.15, -0.1) is 0 Å². The van der Waals surface area contributed by atoms with E-state index in [-0.39, 0.29) is 23.3 Å². The number of carbonyl (C=O) groups is 1. The van der Waals surface area contributed by atoms with Crippen molar-refractivity contribution in [1.82, 2.24) is 5.32 Å². The summed E-state index contributed by atoms with van der Waals surface area (Å²) in [6.45, 7) is 4.10. The molecule has 1 aliphatic carbocycles. The van der Waals surface area contributed by atoms with Gasteiger partial charge in [-0.1, -0.05) is 0 Å². The molecule has 1 saturated heterocycles. The zero-order valence-electron chi connectivity index (χ0n) is 9.29. The highest BCUT2D eigenvalue weighted by Gasteiger charge is 2.42. The van der Waals surface area contributed by atoms with Crippen LogP contribution < -0.4 is 11.1 Å². The van der Waals surface area contributed by atoms with E-state index >= 15 is 0 Å². The van der Waals surface area contributed by atoms with E-state index in [0.29, 0.717) is 13.2 Å². The molecule has 2 rings (SSSR count). The van der Waals surface area contributed by atoms with Crippen LogP contribution >= 0.6 is 0 Å².